The molecule has 28 heavy (non-hydrogen) atoms. The Morgan fingerprint density at radius 3 is 2.61 bits per heavy atom. The topological polar surface area (TPSA) is 102 Å². The summed E-state index contributed by atoms with van der Waals surface area (Å²) in [5, 5.41) is 8.06. The number of morpholine rings is 1. The molecule has 0 spiro atoms. The third-order valence-corrected chi connectivity index (χ3v) is 5.85. The summed E-state index contributed by atoms with van der Waals surface area (Å²) in [6.07, 6.45) is 3.35. The monoisotopic (exact) mass is 411 g/mol. The number of nitrogens with one attached hydrogen (secondary N) is 1. The standard InChI is InChI=1S/C20H33N3O4S/c1-17-7-6-8-18(15-17)19(23-10-12-27-13-11-23)16-22-20(24)9-4-2-3-5-14-28(21,25)26/h6-8,15,19H,2-5,9-14,16H2,1H3,(H,22,24)(H2,21,25,26)/t19-/m1/s1. The first kappa shape index (κ1) is 22.8. The molecule has 158 valence electrons. The number of hydrogen-bond donors (Lipinski definition) is 2. The van der Waals surface area contributed by atoms with E-state index in [0.717, 1.165) is 45.6 Å². The third kappa shape index (κ3) is 8.68. The average molecular weight is 412 g/mol. The highest BCUT2D eigenvalue weighted by Crippen LogP contribution is 2.22. The molecule has 8 heteroatoms. The van der Waals surface area contributed by atoms with Crippen LogP contribution in [0.1, 0.15) is 49.3 Å². The van der Waals surface area contributed by atoms with Crippen LogP contribution in [0.4, 0.5) is 0 Å². The van der Waals surface area contributed by atoms with E-state index >= 15 is 0 Å². The summed E-state index contributed by atoms with van der Waals surface area (Å²) in [6, 6.07) is 8.57. The van der Waals surface area contributed by atoms with Crippen molar-refractivity contribution >= 4 is 15.9 Å². The smallest absolute Gasteiger partial charge is 0.220 e. The van der Waals surface area contributed by atoms with Gasteiger partial charge in [-0.1, -0.05) is 42.7 Å². The summed E-state index contributed by atoms with van der Waals surface area (Å²) in [4.78, 5) is 14.6. The fourth-order valence-electron chi connectivity index (χ4n) is 3.47. The molecule has 1 aliphatic rings. The van der Waals surface area contributed by atoms with Crippen molar-refractivity contribution in [3.8, 4) is 0 Å². The highest BCUT2D eigenvalue weighted by molar-refractivity contribution is 7.89. The first-order valence-electron chi connectivity index (χ1n) is 10.0. The van der Waals surface area contributed by atoms with Crippen LogP contribution in [0.15, 0.2) is 24.3 Å². The minimum Gasteiger partial charge on any atom is -0.379 e. The van der Waals surface area contributed by atoms with Crippen LogP contribution < -0.4 is 10.5 Å². The molecule has 3 N–H and O–H groups in total. The van der Waals surface area contributed by atoms with Crippen molar-refractivity contribution in [2.75, 3.05) is 38.6 Å². The molecular weight excluding hydrogens is 378 g/mol. The lowest BCUT2D eigenvalue weighted by molar-refractivity contribution is -0.121. The molecule has 1 aromatic rings. The number of aryl methyl sites for hydroxylation is 1. The first-order chi connectivity index (χ1) is 13.3. The maximum Gasteiger partial charge on any atom is 0.220 e. The number of carbonyl (C=O) groups is 1. The molecule has 1 aliphatic heterocycles. The number of benzene rings is 1. The first-order valence-corrected chi connectivity index (χ1v) is 11.7. The van der Waals surface area contributed by atoms with Crippen LogP contribution in [0, 0.1) is 6.92 Å². The summed E-state index contributed by atoms with van der Waals surface area (Å²) in [7, 11) is -3.38. The number of primary sulfonamides is 1. The largest absolute Gasteiger partial charge is 0.379 e. The summed E-state index contributed by atoms with van der Waals surface area (Å²) in [5.74, 6) is 0.0501. The Morgan fingerprint density at radius 1 is 1.21 bits per heavy atom. The van der Waals surface area contributed by atoms with Gasteiger partial charge in [0.15, 0.2) is 0 Å². The Morgan fingerprint density at radius 2 is 1.93 bits per heavy atom. The summed E-state index contributed by atoms with van der Waals surface area (Å²) in [5.41, 5.74) is 2.42. The number of amides is 1. The highest BCUT2D eigenvalue weighted by atomic mass is 32.2. The van der Waals surface area contributed by atoms with Crippen molar-refractivity contribution in [2.45, 2.75) is 45.1 Å². The highest BCUT2D eigenvalue weighted by Gasteiger charge is 2.23. The summed E-state index contributed by atoms with van der Waals surface area (Å²) >= 11 is 0. The lowest BCUT2D eigenvalue weighted by atomic mass is 10.0. The third-order valence-electron chi connectivity index (χ3n) is 4.99. The number of nitrogens with zero attached hydrogens (tertiary/aromatic N) is 1. The zero-order valence-corrected chi connectivity index (χ0v) is 17.5. The predicted octanol–water partition coefficient (Wildman–Crippen LogP) is 1.72. The maximum absolute atomic E-state index is 12.3. The fraction of sp³-hybridized carbons (Fsp3) is 0.650. The Bertz CT molecular complexity index is 718. The zero-order chi connectivity index (χ0) is 20.4. The second kappa shape index (κ2) is 11.5. The number of carbonyl (C=O) groups excluding carboxylic acids is 1. The number of ether oxygens (including phenoxy) is 1. The van der Waals surface area contributed by atoms with Crippen LogP contribution in [-0.4, -0.2) is 57.8 Å². The van der Waals surface area contributed by atoms with E-state index in [1.165, 1.54) is 11.1 Å². The number of sulfonamides is 1. The van der Waals surface area contributed by atoms with Gasteiger partial charge in [-0.05, 0) is 25.3 Å². The van der Waals surface area contributed by atoms with Crippen LogP contribution in [0.25, 0.3) is 0 Å². The van der Waals surface area contributed by atoms with Gasteiger partial charge in [0.25, 0.3) is 0 Å². The second-order valence-electron chi connectivity index (χ2n) is 7.41. The molecule has 1 heterocycles. The number of hydrogen-bond acceptors (Lipinski definition) is 5. The van der Waals surface area contributed by atoms with Crippen molar-refractivity contribution in [3.63, 3.8) is 0 Å². The van der Waals surface area contributed by atoms with E-state index < -0.39 is 10.0 Å². The SMILES string of the molecule is Cc1cccc([C@@H](CNC(=O)CCCCCCS(N)(=O)=O)N2CCOCC2)c1. The zero-order valence-electron chi connectivity index (χ0n) is 16.7. The van der Waals surface area contributed by atoms with Crippen LogP contribution in [-0.2, 0) is 19.6 Å². The van der Waals surface area contributed by atoms with Crippen LogP contribution in [0.5, 0.6) is 0 Å². The molecule has 1 amide bonds. The summed E-state index contributed by atoms with van der Waals surface area (Å²) < 4.78 is 27.2. The lowest BCUT2D eigenvalue weighted by Gasteiger charge is -2.35. The predicted molar refractivity (Wildman–Crippen MR) is 110 cm³/mol. The molecule has 0 radical (unpaired) electrons. The van der Waals surface area contributed by atoms with Gasteiger partial charge < -0.3 is 10.1 Å². The molecule has 2 rings (SSSR count). The van der Waals surface area contributed by atoms with E-state index in [1.54, 1.807) is 0 Å². The van der Waals surface area contributed by atoms with Crippen LogP contribution in [0.3, 0.4) is 0 Å². The van der Waals surface area contributed by atoms with E-state index in [2.05, 4.69) is 41.4 Å². The summed E-state index contributed by atoms with van der Waals surface area (Å²) in [6.45, 7) is 5.81. The van der Waals surface area contributed by atoms with Gasteiger partial charge in [0.2, 0.25) is 15.9 Å². The molecule has 0 bridgehead atoms. The number of nitrogens with two attached hydrogens (primary N) is 1. The Kier molecular flexibility index (Phi) is 9.37. The van der Waals surface area contributed by atoms with Gasteiger partial charge in [-0.15, -0.1) is 0 Å². The average Bonchev–Trinajstić information content (AvgIpc) is 2.65. The molecule has 0 saturated carbocycles. The van der Waals surface area contributed by atoms with Gasteiger partial charge >= 0.3 is 0 Å². The molecule has 7 nitrogen and oxygen atoms in total. The quantitative estimate of drug-likeness (QED) is 0.540. The van der Waals surface area contributed by atoms with E-state index in [9.17, 15) is 13.2 Å². The maximum atomic E-state index is 12.3. The minimum absolute atomic E-state index is 0.0108. The molecule has 1 fully saturated rings. The van der Waals surface area contributed by atoms with Gasteiger partial charge in [-0.3, -0.25) is 9.69 Å². The molecular formula is C20H33N3O4S. The van der Waals surface area contributed by atoms with Crippen molar-refractivity contribution in [1.82, 2.24) is 10.2 Å². The van der Waals surface area contributed by atoms with Crippen LogP contribution >= 0.6 is 0 Å². The Labute approximate surface area is 168 Å². The second-order valence-corrected chi connectivity index (χ2v) is 9.15. The fourth-order valence-corrected chi connectivity index (χ4v) is 4.07. The van der Waals surface area contributed by atoms with E-state index in [1.807, 2.05) is 0 Å². The minimum atomic E-state index is -3.38. The van der Waals surface area contributed by atoms with Crippen molar-refractivity contribution in [1.29, 1.82) is 0 Å². The normalized spacial score (nSPS) is 16.6. The van der Waals surface area contributed by atoms with Crippen molar-refractivity contribution in [2.24, 2.45) is 5.14 Å². The number of rotatable bonds is 11. The van der Waals surface area contributed by atoms with E-state index in [-0.39, 0.29) is 17.7 Å². The molecule has 1 saturated heterocycles. The van der Waals surface area contributed by atoms with Gasteiger partial charge in [0.1, 0.15) is 0 Å². The van der Waals surface area contributed by atoms with Gasteiger partial charge in [0.05, 0.1) is 25.0 Å². The Hall–Kier alpha value is -1.48. The van der Waals surface area contributed by atoms with Crippen molar-refractivity contribution < 1.29 is 17.9 Å². The Balaban J connectivity index is 1.78. The van der Waals surface area contributed by atoms with E-state index in [4.69, 9.17) is 9.88 Å². The van der Waals surface area contributed by atoms with Gasteiger partial charge in [0, 0.05) is 26.1 Å². The van der Waals surface area contributed by atoms with E-state index in [0.29, 0.717) is 19.4 Å². The number of unbranched alkanes of at least 4 members (excludes halogenated alkanes) is 3. The molecule has 1 aromatic carbocycles. The lowest BCUT2D eigenvalue weighted by Crippen LogP contribution is -2.43. The molecule has 1 atom stereocenters. The van der Waals surface area contributed by atoms with Gasteiger partial charge in [-0.2, -0.15) is 0 Å². The molecule has 0 aliphatic carbocycles. The van der Waals surface area contributed by atoms with Crippen LogP contribution in [0.2, 0.25) is 0 Å². The van der Waals surface area contributed by atoms with Crippen molar-refractivity contribution in [3.05, 3.63) is 35.4 Å². The molecule has 0 unspecified atom stereocenters. The molecule has 0 aromatic heterocycles. The van der Waals surface area contributed by atoms with Gasteiger partial charge in [-0.25, -0.2) is 13.6 Å².